The number of benzene rings is 2. The molecule has 0 bridgehead atoms. The molecule has 1 N–H and O–H groups in total. The summed E-state index contributed by atoms with van der Waals surface area (Å²) < 4.78 is 37.2. The van der Waals surface area contributed by atoms with Gasteiger partial charge >= 0.3 is 11.9 Å². The van der Waals surface area contributed by atoms with Gasteiger partial charge in [-0.2, -0.15) is 0 Å². The van der Waals surface area contributed by atoms with Gasteiger partial charge < -0.3 is 9.47 Å². The van der Waals surface area contributed by atoms with Crippen molar-refractivity contribution >= 4 is 39.3 Å². The fourth-order valence-electron chi connectivity index (χ4n) is 2.34. The standard InChI is InChI=1S/C17H14ClNO6S/c18-11-5-7-12(8-6-11)26(22,23)19-14-4-2-1-3-13(14)16(20)25-15-9-10-24-17(15)21/h1-8,15,19H,9-10H2/t15-/m0/s1. The van der Waals surface area contributed by atoms with E-state index in [2.05, 4.69) is 4.72 Å². The fraction of sp³-hybridized carbons (Fsp3) is 0.176. The van der Waals surface area contributed by atoms with Crippen molar-refractivity contribution in [3.05, 3.63) is 59.1 Å². The van der Waals surface area contributed by atoms with E-state index in [9.17, 15) is 18.0 Å². The van der Waals surface area contributed by atoms with Gasteiger partial charge in [-0.25, -0.2) is 18.0 Å². The van der Waals surface area contributed by atoms with Crippen molar-refractivity contribution in [1.82, 2.24) is 0 Å². The van der Waals surface area contributed by atoms with Gasteiger partial charge in [0.05, 0.1) is 22.8 Å². The third-order valence-corrected chi connectivity index (χ3v) is 5.29. The van der Waals surface area contributed by atoms with Crippen LogP contribution in [0.1, 0.15) is 16.8 Å². The summed E-state index contributed by atoms with van der Waals surface area (Å²) in [6.45, 7) is 0.182. The molecule has 2 aromatic carbocycles. The van der Waals surface area contributed by atoms with Crippen LogP contribution in [0.4, 0.5) is 5.69 Å². The maximum Gasteiger partial charge on any atom is 0.347 e. The van der Waals surface area contributed by atoms with Crippen LogP contribution < -0.4 is 4.72 Å². The highest BCUT2D eigenvalue weighted by atomic mass is 35.5. The molecule has 1 aliphatic heterocycles. The summed E-state index contributed by atoms with van der Waals surface area (Å²) in [6, 6.07) is 11.5. The summed E-state index contributed by atoms with van der Waals surface area (Å²) in [5, 5.41) is 0.399. The maximum absolute atomic E-state index is 12.5. The van der Waals surface area contributed by atoms with Crippen molar-refractivity contribution in [1.29, 1.82) is 0 Å². The van der Waals surface area contributed by atoms with E-state index in [4.69, 9.17) is 21.1 Å². The number of anilines is 1. The van der Waals surface area contributed by atoms with Gasteiger partial charge in [0.15, 0.2) is 0 Å². The van der Waals surface area contributed by atoms with Gasteiger partial charge in [0, 0.05) is 11.4 Å². The first kappa shape index (κ1) is 18.2. The molecule has 0 saturated carbocycles. The molecule has 1 atom stereocenters. The smallest absolute Gasteiger partial charge is 0.347 e. The monoisotopic (exact) mass is 395 g/mol. The Balaban J connectivity index is 1.83. The minimum atomic E-state index is -3.93. The lowest BCUT2D eigenvalue weighted by atomic mass is 10.2. The van der Waals surface area contributed by atoms with Gasteiger partial charge in [-0.3, -0.25) is 4.72 Å². The number of hydrogen-bond acceptors (Lipinski definition) is 6. The molecule has 0 aliphatic carbocycles. The Kier molecular flexibility index (Phi) is 5.15. The van der Waals surface area contributed by atoms with Gasteiger partial charge in [-0.05, 0) is 36.4 Å². The summed E-state index contributed by atoms with van der Waals surface area (Å²) >= 11 is 5.77. The first-order valence-electron chi connectivity index (χ1n) is 7.62. The third-order valence-electron chi connectivity index (χ3n) is 3.65. The van der Waals surface area contributed by atoms with E-state index in [-0.39, 0.29) is 29.2 Å². The molecule has 7 nitrogen and oxygen atoms in total. The Bertz CT molecular complexity index is 942. The number of esters is 2. The highest BCUT2D eigenvalue weighted by Crippen LogP contribution is 2.23. The van der Waals surface area contributed by atoms with Crippen LogP contribution in [0.25, 0.3) is 0 Å². The van der Waals surface area contributed by atoms with Crippen LogP contribution in [-0.4, -0.2) is 33.1 Å². The molecule has 1 fully saturated rings. The van der Waals surface area contributed by atoms with Crippen LogP contribution in [0.5, 0.6) is 0 Å². The Labute approximate surface area is 154 Å². The largest absolute Gasteiger partial charge is 0.463 e. The Morgan fingerprint density at radius 3 is 2.50 bits per heavy atom. The van der Waals surface area contributed by atoms with E-state index in [1.54, 1.807) is 12.1 Å². The minimum Gasteiger partial charge on any atom is -0.463 e. The number of carbonyl (C=O) groups excluding carboxylic acids is 2. The van der Waals surface area contributed by atoms with Crippen molar-refractivity contribution in [2.24, 2.45) is 0 Å². The van der Waals surface area contributed by atoms with Crippen LogP contribution >= 0.6 is 11.6 Å². The Hall–Kier alpha value is -2.58. The second-order valence-electron chi connectivity index (χ2n) is 5.46. The molecule has 0 amide bonds. The van der Waals surface area contributed by atoms with E-state index >= 15 is 0 Å². The maximum atomic E-state index is 12.5. The van der Waals surface area contributed by atoms with Gasteiger partial charge in [0.25, 0.3) is 10.0 Å². The van der Waals surface area contributed by atoms with Crippen molar-refractivity contribution < 1.29 is 27.5 Å². The minimum absolute atomic E-state index is 0.00950. The van der Waals surface area contributed by atoms with Crippen LogP contribution in [0.2, 0.25) is 5.02 Å². The Morgan fingerprint density at radius 1 is 1.15 bits per heavy atom. The first-order valence-corrected chi connectivity index (χ1v) is 9.48. The summed E-state index contributed by atoms with van der Waals surface area (Å²) in [6.07, 6.45) is -0.716. The van der Waals surface area contributed by atoms with E-state index in [1.165, 1.54) is 36.4 Å². The van der Waals surface area contributed by atoms with Crippen LogP contribution in [0.15, 0.2) is 53.4 Å². The molecule has 0 aromatic heterocycles. The number of nitrogens with one attached hydrogen (secondary N) is 1. The molecule has 3 rings (SSSR count). The molecule has 136 valence electrons. The molecular weight excluding hydrogens is 382 g/mol. The number of rotatable bonds is 5. The molecule has 1 saturated heterocycles. The summed E-state index contributed by atoms with van der Waals surface area (Å²) in [5.74, 6) is -1.43. The molecule has 9 heteroatoms. The summed E-state index contributed by atoms with van der Waals surface area (Å²) in [4.78, 5) is 23.8. The number of hydrogen-bond donors (Lipinski definition) is 1. The van der Waals surface area contributed by atoms with E-state index < -0.39 is 28.1 Å². The van der Waals surface area contributed by atoms with Crippen molar-refractivity contribution in [2.45, 2.75) is 17.4 Å². The highest BCUT2D eigenvalue weighted by Gasteiger charge is 2.31. The second-order valence-corrected chi connectivity index (χ2v) is 7.57. The fourth-order valence-corrected chi connectivity index (χ4v) is 3.55. The topological polar surface area (TPSA) is 98.8 Å². The van der Waals surface area contributed by atoms with Gasteiger partial charge in [-0.15, -0.1) is 0 Å². The lowest BCUT2D eigenvalue weighted by molar-refractivity contribution is -0.145. The molecule has 1 heterocycles. The summed E-state index contributed by atoms with van der Waals surface area (Å²) in [7, 11) is -3.93. The SMILES string of the molecule is O=C(O[C@H]1CCOC1=O)c1ccccc1NS(=O)(=O)c1ccc(Cl)cc1. The number of carbonyl (C=O) groups is 2. The predicted octanol–water partition coefficient (Wildman–Crippen LogP) is 2.61. The molecule has 0 radical (unpaired) electrons. The lowest BCUT2D eigenvalue weighted by Gasteiger charge is -2.13. The zero-order valence-electron chi connectivity index (χ0n) is 13.3. The quantitative estimate of drug-likeness (QED) is 0.781. The van der Waals surface area contributed by atoms with E-state index in [0.717, 1.165) is 0 Å². The van der Waals surface area contributed by atoms with Crippen LogP contribution in [0.3, 0.4) is 0 Å². The zero-order chi connectivity index (χ0) is 18.7. The Morgan fingerprint density at radius 2 is 1.85 bits per heavy atom. The average Bonchev–Trinajstić information content (AvgIpc) is 3.00. The molecule has 1 aliphatic rings. The van der Waals surface area contributed by atoms with Gasteiger partial charge in [0.2, 0.25) is 6.10 Å². The van der Waals surface area contributed by atoms with Gasteiger partial charge in [0.1, 0.15) is 0 Å². The van der Waals surface area contributed by atoms with Crippen molar-refractivity contribution in [2.75, 3.05) is 11.3 Å². The number of ether oxygens (including phenoxy) is 2. The highest BCUT2D eigenvalue weighted by molar-refractivity contribution is 7.92. The normalized spacial score (nSPS) is 16.8. The van der Waals surface area contributed by atoms with Gasteiger partial charge in [-0.1, -0.05) is 23.7 Å². The third kappa shape index (κ3) is 3.97. The lowest BCUT2D eigenvalue weighted by Crippen LogP contribution is -2.24. The van der Waals surface area contributed by atoms with Crippen LogP contribution in [-0.2, 0) is 24.3 Å². The van der Waals surface area contributed by atoms with E-state index in [0.29, 0.717) is 5.02 Å². The zero-order valence-corrected chi connectivity index (χ0v) is 14.9. The summed E-state index contributed by atoms with van der Waals surface area (Å²) in [5.41, 5.74) is 0.0311. The second kappa shape index (κ2) is 7.35. The molecule has 0 spiro atoms. The first-order chi connectivity index (χ1) is 12.4. The molecule has 2 aromatic rings. The molecule has 0 unspecified atom stereocenters. The van der Waals surface area contributed by atoms with Crippen molar-refractivity contribution in [3.8, 4) is 0 Å². The van der Waals surface area contributed by atoms with Crippen LogP contribution in [0, 0.1) is 0 Å². The molecular formula is C17H14ClNO6S. The number of cyclic esters (lactones) is 1. The number of halogens is 1. The van der Waals surface area contributed by atoms with Crippen molar-refractivity contribution in [3.63, 3.8) is 0 Å². The molecule has 26 heavy (non-hydrogen) atoms. The predicted molar refractivity (Wildman–Crippen MR) is 93.5 cm³/mol. The average molecular weight is 396 g/mol. The number of sulfonamides is 1. The number of para-hydroxylation sites is 1. The van der Waals surface area contributed by atoms with E-state index in [1.807, 2.05) is 0 Å².